The number of hydrogen-bond donors (Lipinski definition) is 0. The molecule has 1 aromatic rings. The van der Waals surface area contributed by atoms with E-state index in [1.54, 1.807) is 18.5 Å². The van der Waals surface area contributed by atoms with E-state index in [0.29, 0.717) is 0 Å². The molecular weight excluding hydrogens is 233 g/mol. The monoisotopic (exact) mass is 238 g/mol. The van der Waals surface area contributed by atoms with Crippen molar-refractivity contribution in [3.8, 4) is 0 Å². The maximum absolute atomic E-state index is 4.67. The third-order valence-corrected chi connectivity index (χ3v) is 0.942. The molecule has 1 rings (SSSR count). The zero-order valence-corrected chi connectivity index (χ0v) is 8.05. The van der Waals surface area contributed by atoms with Gasteiger partial charge in [-0.15, -0.1) is 0 Å². The maximum atomic E-state index is 4.67. The van der Waals surface area contributed by atoms with E-state index in [0.717, 1.165) is 18.7 Å². The predicted octanol–water partition coefficient (Wildman–Crippen LogP) is 3.10. The van der Waals surface area contributed by atoms with Crippen molar-refractivity contribution in [2.75, 3.05) is 0 Å². The average molecular weight is 240 g/mol. The first-order chi connectivity index (χ1) is 5.35. The van der Waals surface area contributed by atoms with Crippen molar-refractivity contribution in [3.63, 3.8) is 0 Å². The van der Waals surface area contributed by atoms with Gasteiger partial charge in [0, 0.05) is 12.4 Å². The molecule has 1 nitrogen and oxygen atoms in total. The van der Waals surface area contributed by atoms with Gasteiger partial charge >= 0.3 is 33.3 Å². The number of hydrogen-bond acceptors (Lipinski definition) is 1. The van der Waals surface area contributed by atoms with E-state index in [-0.39, 0.29) is 0 Å². The minimum atomic E-state index is 0.757. The van der Waals surface area contributed by atoms with Gasteiger partial charge in [0.2, 0.25) is 0 Å². The summed E-state index contributed by atoms with van der Waals surface area (Å²) in [5.41, 5.74) is 1.11. The first kappa shape index (κ1) is 11.0. The molecule has 0 N–H and O–H groups in total. The third kappa shape index (κ3) is 6.39. The predicted molar refractivity (Wildman–Crippen MR) is 46.0 cm³/mol. The zero-order chi connectivity index (χ0) is 8.53. The number of rotatable bonds is 1. The Labute approximate surface area is 81.0 Å². The summed E-state index contributed by atoms with van der Waals surface area (Å²) in [5.74, 6) is 0. The molecular formula is C7H7Cl2CuN. The normalized spacial score (nSPS) is 8.18. The second kappa shape index (κ2) is 8.09. The summed E-state index contributed by atoms with van der Waals surface area (Å²) in [4.78, 5) is 3.85. The Hall–Kier alpha value is -0.0105. The zero-order valence-electron chi connectivity index (χ0n) is 5.60. The van der Waals surface area contributed by atoms with Gasteiger partial charge in [0.1, 0.15) is 0 Å². The summed E-state index contributed by atoms with van der Waals surface area (Å²) in [6.07, 6.45) is 5.29. The van der Waals surface area contributed by atoms with Gasteiger partial charge in [0.15, 0.2) is 0 Å². The van der Waals surface area contributed by atoms with Crippen LogP contribution in [-0.2, 0) is 13.1 Å². The molecule has 0 aliphatic carbocycles. The Morgan fingerprint density at radius 1 is 1.36 bits per heavy atom. The Morgan fingerprint density at radius 3 is 2.09 bits per heavy atom. The van der Waals surface area contributed by atoms with Crippen LogP contribution in [0.15, 0.2) is 31.1 Å². The fourth-order valence-electron chi connectivity index (χ4n) is 0.500. The Balaban J connectivity index is 0.000000292. The van der Waals surface area contributed by atoms with Gasteiger partial charge < -0.3 is 0 Å². The third-order valence-electron chi connectivity index (χ3n) is 0.942. The summed E-state index contributed by atoms with van der Waals surface area (Å²) in [6.45, 7) is 3.60. The van der Waals surface area contributed by atoms with Crippen LogP contribution < -0.4 is 0 Å². The van der Waals surface area contributed by atoms with Gasteiger partial charge in [0.25, 0.3) is 0 Å². The number of nitrogens with zero attached hydrogens (tertiary/aromatic N) is 1. The first-order valence-corrected chi connectivity index (χ1v) is 5.28. The van der Waals surface area contributed by atoms with E-state index in [9.17, 15) is 0 Å². The van der Waals surface area contributed by atoms with Crippen LogP contribution in [0.4, 0.5) is 0 Å². The molecule has 0 aromatic carbocycles. The minimum absolute atomic E-state index is 0.757. The van der Waals surface area contributed by atoms with Gasteiger partial charge in [-0.25, -0.2) is 0 Å². The standard InChI is InChI=1S/C7H7N.2ClH.Cu/c1-2-7-3-5-8-6-4-7;;;/h2-6H,1H2;2*1H;/q;;;+2/p-2. The molecule has 1 aromatic heterocycles. The fourth-order valence-corrected chi connectivity index (χ4v) is 0.500. The summed E-state index contributed by atoms with van der Waals surface area (Å²) >= 11 is 0.757. The van der Waals surface area contributed by atoms with Crippen LogP contribution in [0.5, 0.6) is 0 Å². The second-order valence-electron chi connectivity index (χ2n) is 1.53. The van der Waals surface area contributed by atoms with E-state index >= 15 is 0 Å². The van der Waals surface area contributed by atoms with Gasteiger partial charge in [-0.05, 0) is 17.7 Å². The molecule has 4 heteroatoms. The van der Waals surface area contributed by atoms with Gasteiger partial charge in [-0.1, -0.05) is 12.7 Å². The van der Waals surface area contributed by atoms with Gasteiger partial charge in [-0.3, -0.25) is 4.98 Å². The van der Waals surface area contributed by atoms with Crippen LogP contribution in [0.25, 0.3) is 6.08 Å². The van der Waals surface area contributed by atoms with Crippen molar-refractivity contribution < 1.29 is 13.1 Å². The molecule has 0 fully saturated rings. The van der Waals surface area contributed by atoms with Crippen LogP contribution in [0, 0.1) is 0 Å². The molecule has 0 spiro atoms. The van der Waals surface area contributed by atoms with Crippen molar-refractivity contribution in [1.29, 1.82) is 0 Å². The first-order valence-electron chi connectivity index (χ1n) is 2.69. The average Bonchev–Trinajstić information content (AvgIpc) is 2.08. The van der Waals surface area contributed by atoms with Crippen molar-refractivity contribution in [3.05, 3.63) is 36.7 Å². The summed E-state index contributed by atoms with van der Waals surface area (Å²) in [7, 11) is 9.34. The van der Waals surface area contributed by atoms with Crippen LogP contribution in [0.1, 0.15) is 5.56 Å². The SMILES string of the molecule is C=Cc1ccncc1.[Cl][Cu][Cl]. The number of halogens is 2. The second-order valence-corrected chi connectivity index (χ2v) is 3.08. The Morgan fingerprint density at radius 2 is 1.82 bits per heavy atom. The van der Waals surface area contributed by atoms with Gasteiger partial charge in [-0.2, -0.15) is 0 Å². The topological polar surface area (TPSA) is 12.9 Å². The molecule has 65 valence electrons. The molecule has 0 atom stereocenters. The number of pyridine rings is 1. The van der Waals surface area contributed by atoms with Crippen molar-refractivity contribution in [1.82, 2.24) is 4.98 Å². The van der Waals surface area contributed by atoms with Crippen molar-refractivity contribution in [2.24, 2.45) is 0 Å². The quantitative estimate of drug-likeness (QED) is 0.687. The molecule has 0 aliphatic rings. The van der Waals surface area contributed by atoms with Gasteiger partial charge in [0.05, 0.1) is 0 Å². The molecule has 0 radical (unpaired) electrons. The van der Waals surface area contributed by atoms with Crippen LogP contribution >= 0.6 is 20.2 Å². The van der Waals surface area contributed by atoms with Crippen LogP contribution in [0.3, 0.4) is 0 Å². The molecule has 11 heavy (non-hydrogen) atoms. The van der Waals surface area contributed by atoms with E-state index in [4.69, 9.17) is 0 Å². The Bertz CT molecular complexity index is 191. The van der Waals surface area contributed by atoms with E-state index in [1.807, 2.05) is 12.1 Å². The molecule has 0 amide bonds. The van der Waals surface area contributed by atoms with Crippen molar-refractivity contribution >= 4 is 26.3 Å². The molecule has 0 bridgehead atoms. The molecule has 0 saturated heterocycles. The van der Waals surface area contributed by atoms with E-state index in [1.165, 1.54) is 0 Å². The summed E-state index contributed by atoms with van der Waals surface area (Å²) in [6, 6.07) is 3.82. The van der Waals surface area contributed by atoms with E-state index < -0.39 is 0 Å². The van der Waals surface area contributed by atoms with E-state index in [2.05, 4.69) is 31.8 Å². The molecule has 0 aliphatic heterocycles. The van der Waals surface area contributed by atoms with Crippen LogP contribution in [0.2, 0.25) is 0 Å². The molecule has 0 unspecified atom stereocenters. The number of aromatic nitrogens is 1. The molecule has 0 saturated carbocycles. The Kier molecular flexibility index (Phi) is 8.08. The summed E-state index contributed by atoms with van der Waals surface area (Å²) < 4.78 is 0. The summed E-state index contributed by atoms with van der Waals surface area (Å²) in [5, 5.41) is 0. The molecule has 1 heterocycles. The van der Waals surface area contributed by atoms with Crippen LogP contribution in [-0.4, -0.2) is 4.98 Å². The fraction of sp³-hybridized carbons (Fsp3) is 0. The van der Waals surface area contributed by atoms with Crippen molar-refractivity contribution in [2.45, 2.75) is 0 Å².